The fraction of sp³-hybridized carbons (Fsp3) is 0.100. The molecule has 0 nitrogen and oxygen atoms in total. The molecular formula is C10H9Zr-. The Bertz CT molecular complexity index is 276. The standard InChI is InChI=1S/C10H9.Zr/c1-8-6-7-9-4-2-3-5-10(8)9;/h2-8H,1H2;/q-1;. The van der Waals surface area contributed by atoms with Crippen LogP contribution in [0.3, 0.4) is 0 Å². The second-order valence-corrected chi connectivity index (χ2v) is 2.59. The van der Waals surface area contributed by atoms with Crippen molar-refractivity contribution in [3.63, 3.8) is 0 Å². The Labute approximate surface area is 86.4 Å². The minimum absolute atomic E-state index is 0. The minimum Gasteiger partial charge on any atom is -0.332 e. The zero-order chi connectivity index (χ0) is 6.97. The molecule has 0 spiro atoms. The summed E-state index contributed by atoms with van der Waals surface area (Å²) in [5.74, 6) is 0.371. The number of allylic oxidation sites excluding steroid dienone is 1. The predicted octanol–water partition coefficient (Wildman–Crippen LogP) is 2.63. The molecule has 0 aromatic heterocycles. The van der Waals surface area contributed by atoms with Gasteiger partial charge in [0.25, 0.3) is 0 Å². The van der Waals surface area contributed by atoms with E-state index in [1.54, 1.807) is 0 Å². The fourth-order valence-electron chi connectivity index (χ4n) is 1.32. The van der Waals surface area contributed by atoms with Gasteiger partial charge in [0, 0.05) is 26.2 Å². The molecule has 1 aliphatic carbocycles. The van der Waals surface area contributed by atoms with E-state index in [1.165, 1.54) is 11.1 Å². The Balaban J connectivity index is 0.000000605. The molecule has 0 aliphatic heterocycles. The molecule has 1 heteroatoms. The molecule has 1 atom stereocenters. The summed E-state index contributed by atoms with van der Waals surface area (Å²) in [6.45, 7) is 3.99. The maximum Gasteiger partial charge on any atom is 0 e. The first-order valence-corrected chi connectivity index (χ1v) is 3.48. The first-order chi connectivity index (χ1) is 4.88. The molecule has 0 radical (unpaired) electrons. The molecule has 54 valence electrons. The Morgan fingerprint density at radius 1 is 1.18 bits per heavy atom. The van der Waals surface area contributed by atoms with Crippen LogP contribution >= 0.6 is 0 Å². The average Bonchev–Trinajstić information content (AvgIpc) is 2.34. The molecule has 0 bridgehead atoms. The van der Waals surface area contributed by atoms with Gasteiger partial charge in [0.15, 0.2) is 0 Å². The van der Waals surface area contributed by atoms with Crippen molar-refractivity contribution in [2.45, 2.75) is 5.92 Å². The van der Waals surface area contributed by atoms with Crippen LogP contribution in [0.4, 0.5) is 0 Å². The second-order valence-electron chi connectivity index (χ2n) is 2.59. The van der Waals surface area contributed by atoms with Crippen LogP contribution in [0.2, 0.25) is 0 Å². The van der Waals surface area contributed by atoms with Crippen molar-refractivity contribution in [3.05, 3.63) is 48.4 Å². The van der Waals surface area contributed by atoms with Crippen LogP contribution in [0.1, 0.15) is 17.0 Å². The Hall–Kier alpha value is -0.157. The van der Waals surface area contributed by atoms with Gasteiger partial charge in [-0.2, -0.15) is 0 Å². The van der Waals surface area contributed by atoms with E-state index < -0.39 is 0 Å². The maximum atomic E-state index is 3.99. The molecular weight excluding hydrogens is 211 g/mol. The summed E-state index contributed by atoms with van der Waals surface area (Å²) in [4.78, 5) is 0. The third kappa shape index (κ3) is 1.54. The Morgan fingerprint density at radius 2 is 1.91 bits per heavy atom. The zero-order valence-corrected chi connectivity index (χ0v) is 8.71. The van der Waals surface area contributed by atoms with Gasteiger partial charge in [-0.3, -0.25) is 0 Å². The molecule has 1 aromatic carbocycles. The molecule has 1 unspecified atom stereocenters. The number of rotatable bonds is 0. The molecule has 0 N–H and O–H groups in total. The van der Waals surface area contributed by atoms with E-state index in [0.29, 0.717) is 5.92 Å². The topological polar surface area (TPSA) is 0 Å². The van der Waals surface area contributed by atoms with Crippen molar-refractivity contribution >= 4 is 6.08 Å². The van der Waals surface area contributed by atoms with Gasteiger partial charge in [0.05, 0.1) is 0 Å². The smallest absolute Gasteiger partial charge is 0 e. The largest absolute Gasteiger partial charge is 0.332 e. The van der Waals surface area contributed by atoms with Crippen molar-refractivity contribution in [1.82, 2.24) is 0 Å². The Morgan fingerprint density at radius 3 is 2.64 bits per heavy atom. The Kier molecular flexibility index (Phi) is 2.84. The third-order valence-electron chi connectivity index (χ3n) is 1.90. The van der Waals surface area contributed by atoms with Crippen LogP contribution in [0, 0.1) is 6.92 Å². The summed E-state index contributed by atoms with van der Waals surface area (Å²) in [5.41, 5.74) is 2.67. The number of benzene rings is 1. The van der Waals surface area contributed by atoms with Gasteiger partial charge in [-0.15, -0.1) is 12.0 Å². The van der Waals surface area contributed by atoms with Gasteiger partial charge in [0.1, 0.15) is 0 Å². The third-order valence-corrected chi connectivity index (χ3v) is 1.90. The zero-order valence-electron chi connectivity index (χ0n) is 6.25. The van der Waals surface area contributed by atoms with Crippen LogP contribution in [-0.2, 0) is 26.2 Å². The predicted molar refractivity (Wildman–Crippen MR) is 43.6 cm³/mol. The SMILES string of the molecule is [CH2-]C1C=Cc2ccccc21.[Zr]. The van der Waals surface area contributed by atoms with Gasteiger partial charge in [0.2, 0.25) is 0 Å². The molecule has 1 aromatic rings. The van der Waals surface area contributed by atoms with Crippen molar-refractivity contribution in [2.24, 2.45) is 0 Å². The van der Waals surface area contributed by atoms with Crippen LogP contribution in [0.5, 0.6) is 0 Å². The molecule has 0 amide bonds. The molecule has 0 saturated carbocycles. The van der Waals surface area contributed by atoms with E-state index in [-0.39, 0.29) is 26.2 Å². The normalized spacial score (nSPS) is 19.2. The van der Waals surface area contributed by atoms with E-state index in [0.717, 1.165) is 0 Å². The van der Waals surface area contributed by atoms with E-state index in [9.17, 15) is 0 Å². The maximum absolute atomic E-state index is 3.99. The molecule has 11 heavy (non-hydrogen) atoms. The average molecular weight is 220 g/mol. The molecule has 1 aliphatic rings. The van der Waals surface area contributed by atoms with Gasteiger partial charge in [-0.25, -0.2) is 0 Å². The molecule has 0 saturated heterocycles. The second kappa shape index (κ2) is 3.49. The van der Waals surface area contributed by atoms with Gasteiger partial charge >= 0.3 is 0 Å². The van der Waals surface area contributed by atoms with Crippen molar-refractivity contribution in [2.75, 3.05) is 0 Å². The summed E-state index contributed by atoms with van der Waals surface area (Å²) in [6, 6.07) is 8.37. The minimum atomic E-state index is 0. The van der Waals surface area contributed by atoms with E-state index in [1.807, 2.05) is 0 Å². The summed E-state index contributed by atoms with van der Waals surface area (Å²) in [6.07, 6.45) is 4.26. The number of hydrogen-bond acceptors (Lipinski definition) is 0. The monoisotopic (exact) mass is 219 g/mol. The fourth-order valence-corrected chi connectivity index (χ4v) is 1.32. The summed E-state index contributed by atoms with van der Waals surface area (Å²) in [5, 5.41) is 0. The summed E-state index contributed by atoms with van der Waals surface area (Å²) < 4.78 is 0. The van der Waals surface area contributed by atoms with Gasteiger partial charge in [-0.05, 0) is 5.56 Å². The van der Waals surface area contributed by atoms with Crippen LogP contribution in [0.15, 0.2) is 30.3 Å². The molecule has 0 heterocycles. The van der Waals surface area contributed by atoms with Gasteiger partial charge in [-0.1, -0.05) is 35.9 Å². The summed E-state index contributed by atoms with van der Waals surface area (Å²) >= 11 is 0. The van der Waals surface area contributed by atoms with Crippen LogP contribution < -0.4 is 0 Å². The van der Waals surface area contributed by atoms with Crippen LogP contribution in [-0.4, -0.2) is 0 Å². The first kappa shape index (κ1) is 8.94. The van der Waals surface area contributed by atoms with E-state index in [2.05, 4.69) is 43.3 Å². The molecule has 2 rings (SSSR count). The first-order valence-electron chi connectivity index (χ1n) is 3.48. The van der Waals surface area contributed by atoms with Crippen molar-refractivity contribution in [1.29, 1.82) is 0 Å². The van der Waals surface area contributed by atoms with Crippen LogP contribution in [0.25, 0.3) is 6.08 Å². The van der Waals surface area contributed by atoms with Crippen molar-refractivity contribution < 1.29 is 26.2 Å². The number of hydrogen-bond donors (Lipinski definition) is 0. The van der Waals surface area contributed by atoms with Crippen molar-refractivity contribution in [3.8, 4) is 0 Å². The molecule has 0 fully saturated rings. The van der Waals surface area contributed by atoms with Gasteiger partial charge < -0.3 is 6.92 Å². The summed E-state index contributed by atoms with van der Waals surface area (Å²) in [7, 11) is 0. The number of fused-ring (bicyclic) bond motifs is 1. The quantitative estimate of drug-likeness (QED) is 0.590. The van der Waals surface area contributed by atoms with E-state index >= 15 is 0 Å². The van der Waals surface area contributed by atoms with E-state index in [4.69, 9.17) is 0 Å².